The lowest BCUT2D eigenvalue weighted by atomic mass is 10.1. The maximum atomic E-state index is 2.44. The zero-order chi connectivity index (χ0) is 8.86. The number of quaternary nitrogens is 1. The SMILES string of the molecule is CCCCC[N+]1(C)CCCCC1.[F-]. The zero-order valence-corrected chi connectivity index (χ0v) is 9.19. The van der Waals surface area contributed by atoms with E-state index in [2.05, 4.69) is 14.0 Å². The second-order valence-corrected chi connectivity index (χ2v) is 4.56. The van der Waals surface area contributed by atoms with E-state index in [0.29, 0.717) is 0 Å². The average Bonchev–Trinajstić information content (AvgIpc) is 2.06. The van der Waals surface area contributed by atoms with Crippen LogP contribution in [0.3, 0.4) is 0 Å². The number of unbranched alkanes of at least 4 members (excludes halogenated alkanes) is 2. The highest BCUT2D eigenvalue weighted by Gasteiger charge is 2.23. The lowest BCUT2D eigenvalue weighted by Crippen LogP contribution is -3.00. The highest BCUT2D eigenvalue weighted by atomic mass is 19.0. The Labute approximate surface area is 82.1 Å². The van der Waals surface area contributed by atoms with E-state index >= 15 is 0 Å². The van der Waals surface area contributed by atoms with Gasteiger partial charge in [-0.15, -0.1) is 0 Å². The largest absolute Gasteiger partial charge is 1.00 e. The fourth-order valence-corrected chi connectivity index (χ4v) is 2.24. The zero-order valence-electron chi connectivity index (χ0n) is 9.19. The Morgan fingerprint density at radius 1 is 1.00 bits per heavy atom. The highest BCUT2D eigenvalue weighted by molar-refractivity contribution is 4.51. The van der Waals surface area contributed by atoms with Crippen LogP contribution in [-0.4, -0.2) is 31.2 Å². The molecule has 2 heteroatoms. The Hall–Kier alpha value is -0.110. The molecule has 0 radical (unpaired) electrons. The number of piperidine rings is 1. The summed E-state index contributed by atoms with van der Waals surface area (Å²) in [6, 6.07) is 0. The number of hydrogen-bond acceptors (Lipinski definition) is 0. The third kappa shape index (κ3) is 4.61. The molecule has 1 rings (SSSR count). The third-order valence-electron chi connectivity index (χ3n) is 3.20. The molecule has 1 aliphatic heterocycles. The molecule has 0 unspecified atom stereocenters. The molecule has 0 N–H and O–H groups in total. The maximum Gasteiger partial charge on any atom is 0.0784 e. The van der Waals surface area contributed by atoms with Gasteiger partial charge in [0.05, 0.1) is 26.7 Å². The van der Waals surface area contributed by atoms with Gasteiger partial charge in [0.1, 0.15) is 0 Å². The van der Waals surface area contributed by atoms with Crippen molar-refractivity contribution in [3.05, 3.63) is 0 Å². The first kappa shape index (κ1) is 12.9. The Kier molecular flexibility index (Phi) is 6.31. The number of halogens is 1. The van der Waals surface area contributed by atoms with E-state index in [1.54, 1.807) is 0 Å². The van der Waals surface area contributed by atoms with Gasteiger partial charge >= 0.3 is 0 Å². The molecular weight excluding hydrogens is 165 g/mol. The van der Waals surface area contributed by atoms with E-state index in [1.807, 2.05) is 0 Å². The lowest BCUT2D eigenvalue weighted by molar-refractivity contribution is -0.914. The quantitative estimate of drug-likeness (QED) is 0.425. The molecule has 1 nitrogen and oxygen atoms in total. The van der Waals surface area contributed by atoms with Gasteiger partial charge in [-0.1, -0.05) is 13.3 Å². The predicted molar refractivity (Wildman–Crippen MR) is 54.2 cm³/mol. The van der Waals surface area contributed by atoms with Crippen molar-refractivity contribution in [1.29, 1.82) is 0 Å². The molecule has 1 fully saturated rings. The van der Waals surface area contributed by atoms with Crippen molar-refractivity contribution in [3.63, 3.8) is 0 Å². The topological polar surface area (TPSA) is 0 Å². The van der Waals surface area contributed by atoms with Crippen molar-refractivity contribution >= 4 is 0 Å². The van der Waals surface area contributed by atoms with Gasteiger partial charge in [-0.3, -0.25) is 0 Å². The first-order valence-electron chi connectivity index (χ1n) is 5.60. The fourth-order valence-electron chi connectivity index (χ4n) is 2.24. The van der Waals surface area contributed by atoms with E-state index < -0.39 is 0 Å². The van der Waals surface area contributed by atoms with Crippen molar-refractivity contribution in [2.75, 3.05) is 26.7 Å². The molecule has 1 aliphatic rings. The van der Waals surface area contributed by atoms with Crippen molar-refractivity contribution in [1.82, 2.24) is 0 Å². The first-order valence-corrected chi connectivity index (χ1v) is 5.60. The van der Waals surface area contributed by atoms with E-state index in [9.17, 15) is 0 Å². The minimum atomic E-state index is 0. The van der Waals surface area contributed by atoms with Crippen LogP contribution in [0.2, 0.25) is 0 Å². The van der Waals surface area contributed by atoms with Crippen molar-refractivity contribution < 1.29 is 9.19 Å². The second-order valence-electron chi connectivity index (χ2n) is 4.56. The fraction of sp³-hybridized carbons (Fsp3) is 1.00. The first-order chi connectivity index (χ1) is 5.77. The third-order valence-corrected chi connectivity index (χ3v) is 3.20. The van der Waals surface area contributed by atoms with Gasteiger partial charge < -0.3 is 9.19 Å². The van der Waals surface area contributed by atoms with Gasteiger partial charge in [-0.2, -0.15) is 0 Å². The number of likely N-dealkylation sites (tertiary alicyclic amines) is 1. The van der Waals surface area contributed by atoms with Gasteiger partial charge in [0.2, 0.25) is 0 Å². The summed E-state index contributed by atoms with van der Waals surface area (Å²) in [6.07, 6.45) is 8.62. The summed E-state index contributed by atoms with van der Waals surface area (Å²) in [6.45, 7) is 6.58. The summed E-state index contributed by atoms with van der Waals surface area (Å²) < 4.78 is 1.36. The number of nitrogens with zero attached hydrogens (tertiary/aromatic N) is 1. The molecule has 0 aromatic carbocycles. The van der Waals surface area contributed by atoms with Crippen LogP contribution in [0.4, 0.5) is 0 Å². The average molecular weight is 189 g/mol. The monoisotopic (exact) mass is 189 g/mol. The van der Waals surface area contributed by atoms with Gasteiger partial charge in [0.25, 0.3) is 0 Å². The Morgan fingerprint density at radius 3 is 2.15 bits per heavy atom. The summed E-state index contributed by atoms with van der Waals surface area (Å²) >= 11 is 0. The molecule has 0 saturated carbocycles. The van der Waals surface area contributed by atoms with Crippen LogP contribution in [-0.2, 0) is 0 Å². The molecule has 13 heavy (non-hydrogen) atoms. The molecule has 80 valence electrons. The Bertz CT molecular complexity index is 119. The molecular formula is C11H24FN. The number of hydrogen-bond donors (Lipinski definition) is 0. The van der Waals surface area contributed by atoms with Crippen molar-refractivity contribution in [2.45, 2.75) is 45.4 Å². The standard InChI is InChI=1S/C11H24N.FH/c1-3-4-6-9-12(2)10-7-5-8-11-12;/h3-11H2,1-2H3;1H/q+1;/p-1. The molecule has 0 bridgehead atoms. The minimum Gasteiger partial charge on any atom is -1.00 e. The predicted octanol–water partition coefficient (Wildman–Crippen LogP) is -0.189. The van der Waals surface area contributed by atoms with Gasteiger partial charge in [0.15, 0.2) is 0 Å². The maximum absolute atomic E-state index is 2.44. The van der Waals surface area contributed by atoms with Crippen LogP contribution in [0.25, 0.3) is 0 Å². The van der Waals surface area contributed by atoms with Crippen LogP contribution < -0.4 is 4.70 Å². The van der Waals surface area contributed by atoms with E-state index in [-0.39, 0.29) is 4.70 Å². The van der Waals surface area contributed by atoms with Gasteiger partial charge in [-0.05, 0) is 32.1 Å². The minimum absolute atomic E-state index is 0. The summed E-state index contributed by atoms with van der Waals surface area (Å²) in [5, 5.41) is 0. The highest BCUT2D eigenvalue weighted by Crippen LogP contribution is 2.17. The van der Waals surface area contributed by atoms with Crippen molar-refractivity contribution in [2.24, 2.45) is 0 Å². The molecule has 0 amide bonds. The summed E-state index contributed by atoms with van der Waals surface area (Å²) in [7, 11) is 2.44. The second kappa shape index (κ2) is 6.36. The Morgan fingerprint density at radius 2 is 1.62 bits per heavy atom. The molecule has 1 heterocycles. The molecule has 0 aliphatic carbocycles. The Balaban J connectivity index is 0.00000144. The molecule has 0 atom stereocenters. The van der Waals surface area contributed by atoms with Gasteiger partial charge in [0, 0.05) is 0 Å². The van der Waals surface area contributed by atoms with Crippen LogP contribution in [0.15, 0.2) is 0 Å². The van der Waals surface area contributed by atoms with Gasteiger partial charge in [-0.25, -0.2) is 0 Å². The summed E-state index contributed by atoms with van der Waals surface area (Å²) in [4.78, 5) is 0. The smallest absolute Gasteiger partial charge is 0.0784 e. The van der Waals surface area contributed by atoms with Crippen LogP contribution >= 0.6 is 0 Å². The van der Waals surface area contributed by atoms with Crippen LogP contribution in [0.5, 0.6) is 0 Å². The van der Waals surface area contributed by atoms with E-state index in [1.165, 1.54) is 62.6 Å². The number of rotatable bonds is 4. The summed E-state index contributed by atoms with van der Waals surface area (Å²) in [5.41, 5.74) is 0. The molecule has 0 aromatic rings. The molecule has 1 saturated heterocycles. The van der Waals surface area contributed by atoms with Crippen molar-refractivity contribution in [3.8, 4) is 0 Å². The van der Waals surface area contributed by atoms with Crippen LogP contribution in [0.1, 0.15) is 45.4 Å². The molecule has 0 spiro atoms. The molecule has 0 aromatic heterocycles. The normalized spacial score (nSPS) is 20.8. The summed E-state index contributed by atoms with van der Waals surface area (Å²) in [5.74, 6) is 0. The van der Waals surface area contributed by atoms with E-state index in [0.717, 1.165) is 0 Å². The van der Waals surface area contributed by atoms with E-state index in [4.69, 9.17) is 0 Å². The lowest BCUT2D eigenvalue weighted by Gasteiger charge is -2.37. The van der Waals surface area contributed by atoms with Crippen LogP contribution in [0, 0.1) is 0 Å².